The summed E-state index contributed by atoms with van der Waals surface area (Å²) < 4.78 is 0. The summed E-state index contributed by atoms with van der Waals surface area (Å²) in [5.74, 6) is 0.843. The molecule has 172 valence electrons. The summed E-state index contributed by atoms with van der Waals surface area (Å²) in [5, 5.41) is 15.1. The van der Waals surface area contributed by atoms with Gasteiger partial charge in [0.1, 0.15) is 6.04 Å². The lowest BCUT2D eigenvalue weighted by atomic mass is 9.71. The summed E-state index contributed by atoms with van der Waals surface area (Å²) in [4.78, 5) is 27.2. The van der Waals surface area contributed by atoms with Crippen molar-refractivity contribution in [2.75, 3.05) is 13.1 Å². The molecule has 3 rings (SSSR count). The van der Waals surface area contributed by atoms with Crippen LogP contribution in [0.15, 0.2) is 30.3 Å². The lowest BCUT2D eigenvalue weighted by Gasteiger charge is -2.38. The summed E-state index contributed by atoms with van der Waals surface area (Å²) in [6, 6.07) is 9.84. The molecule has 0 unspecified atom stereocenters. The maximum Gasteiger partial charge on any atom is 0.405 e. The maximum atomic E-state index is 13.3. The van der Waals surface area contributed by atoms with E-state index in [2.05, 4.69) is 60.6 Å². The molecule has 1 saturated carbocycles. The van der Waals surface area contributed by atoms with E-state index in [0.717, 1.165) is 38.9 Å². The van der Waals surface area contributed by atoms with Gasteiger partial charge in [-0.25, -0.2) is 4.79 Å². The molecule has 1 aromatic rings. The van der Waals surface area contributed by atoms with Crippen molar-refractivity contribution < 1.29 is 14.7 Å². The highest BCUT2D eigenvalue weighted by molar-refractivity contribution is 5.86. The minimum absolute atomic E-state index is 0.00986. The second-order valence-corrected chi connectivity index (χ2v) is 11.4. The minimum Gasteiger partial charge on any atom is -0.465 e. The zero-order valence-electron chi connectivity index (χ0n) is 19.6. The van der Waals surface area contributed by atoms with Crippen molar-refractivity contribution in [1.82, 2.24) is 15.5 Å². The first-order valence-electron chi connectivity index (χ1n) is 11.5. The van der Waals surface area contributed by atoms with Gasteiger partial charge in [0.15, 0.2) is 0 Å². The van der Waals surface area contributed by atoms with Crippen LogP contribution in [0.3, 0.4) is 0 Å². The van der Waals surface area contributed by atoms with Gasteiger partial charge in [-0.2, -0.15) is 0 Å². The molecule has 1 aliphatic carbocycles. The van der Waals surface area contributed by atoms with Gasteiger partial charge in [-0.3, -0.25) is 9.69 Å². The van der Waals surface area contributed by atoms with Gasteiger partial charge >= 0.3 is 6.09 Å². The number of amides is 2. The van der Waals surface area contributed by atoms with Gasteiger partial charge in [0.2, 0.25) is 5.91 Å². The van der Waals surface area contributed by atoms with E-state index < -0.39 is 17.6 Å². The van der Waals surface area contributed by atoms with E-state index in [1.807, 2.05) is 19.9 Å². The van der Waals surface area contributed by atoms with Crippen LogP contribution in [0.1, 0.15) is 59.4 Å². The number of carbonyl (C=O) groups excluding carboxylic acids is 1. The summed E-state index contributed by atoms with van der Waals surface area (Å²) in [5.41, 5.74) is 0.815. The van der Waals surface area contributed by atoms with E-state index in [4.69, 9.17) is 0 Å². The molecule has 0 radical (unpaired) electrons. The van der Waals surface area contributed by atoms with Crippen molar-refractivity contribution in [3.63, 3.8) is 0 Å². The Labute approximate surface area is 186 Å². The zero-order valence-corrected chi connectivity index (χ0v) is 19.6. The molecule has 0 aromatic heterocycles. The Balaban J connectivity index is 1.64. The first-order chi connectivity index (χ1) is 14.4. The van der Waals surface area contributed by atoms with Gasteiger partial charge in [0.25, 0.3) is 0 Å². The monoisotopic (exact) mass is 429 g/mol. The van der Waals surface area contributed by atoms with Crippen molar-refractivity contribution >= 4 is 12.0 Å². The number of fused-ring (bicyclic) bond motifs is 1. The number of likely N-dealkylation sites (tertiary alicyclic amines) is 1. The second kappa shape index (κ2) is 9.19. The topological polar surface area (TPSA) is 81.7 Å². The molecule has 6 nitrogen and oxygen atoms in total. The van der Waals surface area contributed by atoms with Crippen LogP contribution in [-0.4, -0.2) is 47.2 Å². The molecule has 1 saturated heterocycles. The van der Waals surface area contributed by atoms with Crippen LogP contribution in [0.2, 0.25) is 0 Å². The van der Waals surface area contributed by atoms with Crippen molar-refractivity contribution in [2.45, 2.75) is 72.5 Å². The Bertz CT molecular complexity index is 772. The van der Waals surface area contributed by atoms with Crippen LogP contribution in [-0.2, 0) is 11.3 Å². The summed E-state index contributed by atoms with van der Waals surface area (Å²) in [6.45, 7) is 13.3. The summed E-state index contributed by atoms with van der Waals surface area (Å²) in [7, 11) is 0. The van der Waals surface area contributed by atoms with Gasteiger partial charge in [-0.05, 0) is 47.5 Å². The van der Waals surface area contributed by atoms with Crippen LogP contribution in [0.5, 0.6) is 0 Å². The third-order valence-electron chi connectivity index (χ3n) is 6.81. The van der Waals surface area contributed by atoms with E-state index in [-0.39, 0.29) is 17.4 Å². The Morgan fingerprint density at radius 3 is 2.39 bits per heavy atom. The highest BCUT2D eigenvalue weighted by Crippen LogP contribution is 2.40. The van der Waals surface area contributed by atoms with Crippen molar-refractivity contribution in [3.8, 4) is 0 Å². The Morgan fingerprint density at radius 1 is 1.10 bits per heavy atom. The number of benzene rings is 1. The molecule has 6 heteroatoms. The number of nitrogens with zero attached hydrogens (tertiary/aromatic N) is 1. The lowest BCUT2D eigenvalue weighted by molar-refractivity contribution is -0.127. The van der Waals surface area contributed by atoms with Crippen LogP contribution in [0.25, 0.3) is 0 Å². The standard InChI is InChI=1S/C25H39N3O3/c1-24(2,3)16-25(4,5)21(27-23(30)31)22(29)26-20-12-11-18-14-28(15-19(18)20)13-17-9-7-6-8-10-17/h6-10,18-21,27H,11-16H2,1-5H3,(H,26,29)(H,30,31)/t18-,19+,20+,21+/m0/s1. The molecule has 3 N–H and O–H groups in total. The largest absolute Gasteiger partial charge is 0.465 e. The van der Waals surface area contributed by atoms with Crippen molar-refractivity contribution in [1.29, 1.82) is 0 Å². The van der Waals surface area contributed by atoms with E-state index >= 15 is 0 Å². The predicted molar refractivity (Wildman–Crippen MR) is 123 cm³/mol. The quantitative estimate of drug-likeness (QED) is 0.609. The molecule has 1 aromatic carbocycles. The first kappa shape index (κ1) is 23.6. The Morgan fingerprint density at radius 2 is 1.77 bits per heavy atom. The van der Waals surface area contributed by atoms with E-state index in [1.165, 1.54) is 5.56 Å². The molecule has 2 aliphatic rings. The SMILES string of the molecule is CC(C)(C)CC(C)(C)[C@H](NC(=O)O)C(=O)N[C@@H]1CC[C@H]2CN(Cc3ccccc3)C[C@H]21. The normalized spacial score (nSPS) is 25.1. The molecular weight excluding hydrogens is 390 g/mol. The second-order valence-electron chi connectivity index (χ2n) is 11.4. The van der Waals surface area contributed by atoms with Crippen LogP contribution in [0.4, 0.5) is 4.79 Å². The average molecular weight is 430 g/mol. The predicted octanol–water partition coefficient (Wildman–Crippen LogP) is 4.11. The van der Waals surface area contributed by atoms with Crippen LogP contribution < -0.4 is 10.6 Å². The zero-order chi connectivity index (χ0) is 22.8. The van der Waals surface area contributed by atoms with E-state index in [9.17, 15) is 14.7 Å². The molecule has 1 aliphatic heterocycles. The molecule has 1 heterocycles. The average Bonchev–Trinajstić information content (AvgIpc) is 3.19. The highest BCUT2D eigenvalue weighted by atomic mass is 16.4. The smallest absolute Gasteiger partial charge is 0.405 e. The third-order valence-corrected chi connectivity index (χ3v) is 6.81. The summed E-state index contributed by atoms with van der Waals surface area (Å²) >= 11 is 0. The van der Waals surface area contributed by atoms with Gasteiger partial charge < -0.3 is 15.7 Å². The van der Waals surface area contributed by atoms with Gasteiger partial charge in [-0.15, -0.1) is 0 Å². The number of carboxylic acid groups (broad SMARTS) is 1. The third kappa shape index (κ3) is 6.22. The maximum absolute atomic E-state index is 13.3. The fourth-order valence-corrected chi connectivity index (χ4v) is 5.98. The first-order valence-corrected chi connectivity index (χ1v) is 11.5. The fourth-order valence-electron chi connectivity index (χ4n) is 5.98. The number of hydrogen-bond acceptors (Lipinski definition) is 3. The van der Waals surface area contributed by atoms with E-state index in [0.29, 0.717) is 11.8 Å². The van der Waals surface area contributed by atoms with Gasteiger partial charge in [-0.1, -0.05) is 65.0 Å². The molecule has 0 spiro atoms. The van der Waals surface area contributed by atoms with Crippen LogP contribution >= 0.6 is 0 Å². The molecule has 4 atom stereocenters. The Hall–Kier alpha value is -2.08. The highest BCUT2D eigenvalue weighted by Gasteiger charge is 2.45. The van der Waals surface area contributed by atoms with Crippen LogP contribution in [0, 0.1) is 22.7 Å². The number of hydrogen-bond donors (Lipinski definition) is 3. The number of carbonyl (C=O) groups is 2. The summed E-state index contributed by atoms with van der Waals surface area (Å²) in [6.07, 6.45) is 1.67. The number of rotatable bonds is 7. The Kier molecular flexibility index (Phi) is 6.99. The van der Waals surface area contributed by atoms with Crippen molar-refractivity contribution in [2.24, 2.45) is 22.7 Å². The molecule has 0 bridgehead atoms. The molecule has 2 amide bonds. The van der Waals surface area contributed by atoms with E-state index in [1.54, 1.807) is 0 Å². The van der Waals surface area contributed by atoms with Gasteiger partial charge in [0, 0.05) is 25.7 Å². The number of nitrogens with one attached hydrogen (secondary N) is 2. The lowest BCUT2D eigenvalue weighted by Crippen LogP contribution is -2.57. The van der Waals surface area contributed by atoms with Crippen molar-refractivity contribution in [3.05, 3.63) is 35.9 Å². The molecular formula is C25H39N3O3. The van der Waals surface area contributed by atoms with Gasteiger partial charge in [0.05, 0.1) is 0 Å². The molecule has 31 heavy (non-hydrogen) atoms. The minimum atomic E-state index is -1.15. The fraction of sp³-hybridized carbons (Fsp3) is 0.680. The molecule has 2 fully saturated rings.